The van der Waals surface area contributed by atoms with Crippen molar-refractivity contribution in [2.24, 2.45) is 0 Å². The van der Waals surface area contributed by atoms with Crippen LogP contribution in [0.4, 0.5) is 0 Å². The zero-order valence-electron chi connectivity index (χ0n) is 18.9. The first-order valence-corrected chi connectivity index (χ1v) is 11.9. The van der Waals surface area contributed by atoms with Gasteiger partial charge in [-0.3, -0.25) is 9.20 Å². The summed E-state index contributed by atoms with van der Waals surface area (Å²) in [6.45, 7) is 0. The van der Waals surface area contributed by atoms with Gasteiger partial charge in [-0.1, -0.05) is 85.0 Å². The molecule has 0 unspecified atom stereocenters. The predicted molar refractivity (Wildman–Crippen MR) is 145 cm³/mol. The molecule has 0 saturated heterocycles. The molecule has 0 spiro atoms. The highest BCUT2D eigenvalue weighted by atomic mass is 32.1. The Morgan fingerprint density at radius 3 is 2.00 bits per heavy atom. The van der Waals surface area contributed by atoms with Crippen LogP contribution in [-0.4, -0.2) is 23.9 Å². The molecule has 3 aromatic heterocycles. The minimum absolute atomic E-state index is 0.248. The molecular formula is C29H17N5OS. The third-order valence-electron chi connectivity index (χ3n) is 6.38. The summed E-state index contributed by atoms with van der Waals surface area (Å²) in [5.74, 6) is 0.620. The standard InChI is InChI=1S/C29H17N5OS/c35-26-21-14-6-9-17-24(21)33-27(36)20-13-5-8-16-23(20)31-29(33)34(26)28-30-22-15-7-4-12-19(22)25(32-28)18-10-2-1-3-11-18/h1-17H. The van der Waals surface area contributed by atoms with E-state index in [0.29, 0.717) is 26.8 Å². The van der Waals surface area contributed by atoms with Crippen molar-refractivity contribution in [3.63, 3.8) is 0 Å². The van der Waals surface area contributed by atoms with Crippen LogP contribution in [-0.2, 0) is 0 Å². The average Bonchev–Trinajstić information content (AvgIpc) is 2.93. The molecule has 3 heterocycles. The molecule has 0 bridgehead atoms. The zero-order chi connectivity index (χ0) is 24.2. The average molecular weight is 484 g/mol. The maximum atomic E-state index is 14.0. The van der Waals surface area contributed by atoms with Crippen molar-refractivity contribution in [2.45, 2.75) is 0 Å². The summed E-state index contributed by atoms with van der Waals surface area (Å²) in [6, 6.07) is 32.8. The van der Waals surface area contributed by atoms with Crippen LogP contribution in [0.5, 0.6) is 0 Å². The van der Waals surface area contributed by atoms with Crippen LogP contribution in [0, 0.1) is 4.64 Å². The summed E-state index contributed by atoms with van der Waals surface area (Å²) in [6.07, 6.45) is 0. The van der Waals surface area contributed by atoms with Gasteiger partial charge >= 0.3 is 0 Å². The van der Waals surface area contributed by atoms with Gasteiger partial charge in [-0.15, -0.1) is 0 Å². The lowest BCUT2D eigenvalue weighted by atomic mass is 10.1. The summed E-state index contributed by atoms with van der Waals surface area (Å²) >= 11 is 5.92. The van der Waals surface area contributed by atoms with Crippen molar-refractivity contribution < 1.29 is 0 Å². The quantitative estimate of drug-likeness (QED) is 0.168. The minimum atomic E-state index is -0.253. The van der Waals surface area contributed by atoms with Gasteiger partial charge in [0.15, 0.2) is 0 Å². The third-order valence-corrected chi connectivity index (χ3v) is 6.78. The van der Waals surface area contributed by atoms with E-state index in [9.17, 15) is 4.79 Å². The summed E-state index contributed by atoms with van der Waals surface area (Å²) in [4.78, 5) is 28.6. The van der Waals surface area contributed by atoms with Crippen molar-refractivity contribution in [1.82, 2.24) is 23.9 Å². The van der Waals surface area contributed by atoms with Crippen molar-refractivity contribution in [3.8, 4) is 17.2 Å². The molecule has 0 aliphatic rings. The fraction of sp³-hybridized carbons (Fsp3) is 0. The van der Waals surface area contributed by atoms with E-state index in [2.05, 4.69) is 0 Å². The van der Waals surface area contributed by atoms with E-state index in [1.165, 1.54) is 4.57 Å². The van der Waals surface area contributed by atoms with Crippen molar-refractivity contribution in [1.29, 1.82) is 0 Å². The second kappa shape index (κ2) is 7.90. The van der Waals surface area contributed by atoms with Gasteiger partial charge in [-0.25, -0.2) is 19.5 Å². The lowest BCUT2D eigenvalue weighted by Crippen LogP contribution is -2.25. The molecule has 0 radical (unpaired) electrons. The number of hydrogen-bond acceptors (Lipinski definition) is 5. The molecule has 0 amide bonds. The van der Waals surface area contributed by atoms with E-state index in [1.807, 2.05) is 101 Å². The van der Waals surface area contributed by atoms with Gasteiger partial charge in [0.05, 0.1) is 27.6 Å². The molecule has 0 N–H and O–H groups in total. The van der Waals surface area contributed by atoms with Crippen LogP contribution >= 0.6 is 12.2 Å². The largest absolute Gasteiger partial charge is 0.269 e. The highest BCUT2D eigenvalue weighted by Crippen LogP contribution is 2.28. The fourth-order valence-electron chi connectivity index (χ4n) is 4.71. The Balaban J connectivity index is 1.70. The molecule has 7 heteroatoms. The topological polar surface area (TPSA) is 65.1 Å². The Labute approximate surface area is 209 Å². The van der Waals surface area contributed by atoms with Crippen molar-refractivity contribution in [2.75, 3.05) is 0 Å². The van der Waals surface area contributed by atoms with Crippen LogP contribution in [0.25, 0.3) is 55.7 Å². The lowest BCUT2D eigenvalue weighted by Gasteiger charge is -2.15. The maximum Gasteiger partial charge on any atom is 0.269 e. The van der Waals surface area contributed by atoms with Crippen LogP contribution in [0.15, 0.2) is 108 Å². The Kier molecular flexibility index (Phi) is 4.52. The number of rotatable bonds is 2. The van der Waals surface area contributed by atoms with Gasteiger partial charge < -0.3 is 0 Å². The smallest absolute Gasteiger partial charge is 0.269 e. The molecule has 0 fully saturated rings. The second-order valence-corrected chi connectivity index (χ2v) is 8.87. The fourth-order valence-corrected chi connectivity index (χ4v) is 5.06. The second-order valence-electron chi connectivity index (χ2n) is 8.48. The molecule has 0 aliphatic heterocycles. The predicted octanol–water partition coefficient (Wildman–Crippen LogP) is 6.13. The maximum absolute atomic E-state index is 14.0. The SMILES string of the molecule is O=c1c2ccccc2n2c(=S)c3ccccc3nc2n1-c1nc(-c2ccccc2)c2ccccc2n1. The van der Waals surface area contributed by atoms with E-state index in [1.54, 1.807) is 6.07 Å². The van der Waals surface area contributed by atoms with E-state index < -0.39 is 0 Å². The number of aromatic nitrogens is 5. The molecule has 0 aliphatic carbocycles. The number of para-hydroxylation sites is 3. The highest BCUT2D eigenvalue weighted by Gasteiger charge is 2.19. The van der Waals surface area contributed by atoms with E-state index in [0.717, 1.165) is 27.5 Å². The molecular weight excluding hydrogens is 466 g/mol. The summed E-state index contributed by atoms with van der Waals surface area (Å²) in [5.41, 5.74) is 3.56. The third kappa shape index (κ3) is 3.00. The van der Waals surface area contributed by atoms with Crippen LogP contribution in [0.3, 0.4) is 0 Å². The Bertz CT molecular complexity index is 2100. The van der Waals surface area contributed by atoms with Gasteiger partial charge in [0, 0.05) is 16.3 Å². The number of fused-ring (bicyclic) bond motifs is 5. The number of hydrogen-bond donors (Lipinski definition) is 0. The van der Waals surface area contributed by atoms with Crippen LogP contribution in [0.1, 0.15) is 0 Å². The van der Waals surface area contributed by atoms with Crippen molar-refractivity contribution >= 4 is 50.7 Å². The molecule has 7 aromatic rings. The molecule has 170 valence electrons. The molecule has 0 atom stereocenters. The van der Waals surface area contributed by atoms with Gasteiger partial charge in [-0.2, -0.15) is 0 Å². The Morgan fingerprint density at radius 2 is 1.22 bits per heavy atom. The molecule has 36 heavy (non-hydrogen) atoms. The first-order chi connectivity index (χ1) is 17.7. The Morgan fingerprint density at radius 1 is 0.611 bits per heavy atom. The van der Waals surface area contributed by atoms with Crippen LogP contribution < -0.4 is 5.56 Å². The van der Waals surface area contributed by atoms with E-state index in [-0.39, 0.29) is 11.5 Å². The van der Waals surface area contributed by atoms with Gasteiger partial charge in [-0.05, 0) is 30.3 Å². The van der Waals surface area contributed by atoms with Crippen LogP contribution in [0.2, 0.25) is 0 Å². The Hall–Kier alpha value is -4.75. The molecule has 0 saturated carbocycles. The first-order valence-electron chi connectivity index (χ1n) is 11.5. The summed E-state index contributed by atoms with van der Waals surface area (Å²) in [5, 5.41) is 2.25. The minimum Gasteiger partial charge on any atom is -0.269 e. The summed E-state index contributed by atoms with van der Waals surface area (Å²) < 4.78 is 3.89. The van der Waals surface area contributed by atoms with Gasteiger partial charge in [0.2, 0.25) is 11.7 Å². The summed E-state index contributed by atoms with van der Waals surface area (Å²) in [7, 11) is 0. The van der Waals surface area contributed by atoms with E-state index >= 15 is 0 Å². The van der Waals surface area contributed by atoms with Gasteiger partial charge in [0.1, 0.15) is 4.64 Å². The highest BCUT2D eigenvalue weighted by molar-refractivity contribution is 7.71. The van der Waals surface area contributed by atoms with E-state index in [4.69, 9.17) is 27.2 Å². The first kappa shape index (κ1) is 20.6. The molecule has 6 nitrogen and oxygen atoms in total. The molecule has 7 rings (SSSR count). The lowest BCUT2D eigenvalue weighted by molar-refractivity contribution is 0.887. The number of benzene rings is 4. The number of nitrogens with zero attached hydrogens (tertiary/aromatic N) is 5. The molecule has 4 aromatic carbocycles. The normalized spacial score (nSPS) is 11.6. The monoisotopic (exact) mass is 483 g/mol. The zero-order valence-corrected chi connectivity index (χ0v) is 19.7. The van der Waals surface area contributed by atoms with Crippen molar-refractivity contribution in [3.05, 3.63) is 118 Å². The van der Waals surface area contributed by atoms with Gasteiger partial charge in [0.25, 0.3) is 5.56 Å².